The fourth-order valence-electron chi connectivity index (χ4n) is 0.799. The number of aryl methyl sites for hydroxylation is 1. The molecule has 0 bridgehead atoms. The van der Waals surface area contributed by atoms with E-state index in [4.69, 9.17) is 5.73 Å². The third-order valence-electron chi connectivity index (χ3n) is 1.32. The molecule has 2 aromatic rings. The zero-order valence-corrected chi connectivity index (χ0v) is 6.27. The molecule has 7 heteroatoms. The second-order valence-corrected chi connectivity index (χ2v) is 2.24. The van der Waals surface area contributed by atoms with E-state index in [1.54, 1.807) is 6.92 Å². The molecule has 2 rings (SSSR count). The molecule has 2 heterocycles. The smallest absolute Gasteiger partial charge is 0.207 e. The maximum atomic E-state index is 5.42. The molecule has 62 valence electrons. The highest BCUT2D eigenvalue weighted by molar-refractivity contribution is 5.61. The van der Waals surface area contributed by atoms with Crippen molar-refractivity contribution in [2.24, 2.45) is 0 Å². The van der Waals surface area contributed by atoms with E-state index >= 15 is 0 Å². The minimum absolute atomic E-state index is 0.189. The van der Waals surface area contributed by atoms with Crippen molar-refractivity contribution < 1.29 is 4.63 Å². The SMILES string of the molecule is Cc1nc(-c2nonc2N)n[nH]1. The van der Waals surface area contributed by atoms with Crippen LogP contribution >= 0.6 is 0 Å². The van der Waals surface area contributed by atoms with Gasteiger partial charge in [-0.25, -0.2) is 9.61 Å². The summed E-state index contributed by atoms with van der Waals surface area (Å²) in [5.74, 6) is 1.27. The molecule has 12 heavy (non-hydrogen) atoms. The number of anilines is 1. The molecule has 0 aliphatic heterocycles. The number of nitrogens with two attached hydrogens (primary N) is 1. The zero-order chi connectivity index (χ0) is 8.55. The van der Waals surface area contributed by atoms with Gasteiger partial charge in [-0.15, -0.1) is 0 Å². The van der Waals surface area contributed by atoms with Gasteiger partial charge in [0.15, 0.2) is 11.5 Å². The lowest BCUT2D eigenvalue weighted by Gasteiger charge is -1.83. The molecule has 0 unspecified atom stereocenters. The molecule has 0 atom stereocenters. The summed E-state index contributed by atoms with van der Waals surface area (Å²) in [6, 6.07) is 0. The van der Waals surface area contributed by atoms with E-state index in [-0.39, 0.29) is 5.82 Å². The number of aromatic amines is 1. The minimum Gasteiger partial charge on any atom is -0.379 e. The Morgan fingerprint density at radius 2 is 2.25 bits per heavy atom. The molecular weight excluding hydrogens is 160 g/mol. The average Bonchev–Trinajstić information content (AvgIpc) is 2.58. The molecule has 2 aromatic heterocycles. The number of hydrogen-bond acceptors (Lipinski definition) is 6. The highest BCUT2D eigenvalue weighted by atomic mass is 16.6. The van der Waals surface area contributed by atoms with Crippen LogP contribution < -0.4 is 5.73 Å². The minimum atomic E-state index is 0.189. The summed E-state index contributed by atoms with van der Waals surface area (Å²) >= 11 is 0. The van der Waals surface area contributed by atoms with E-state index in [0.29, 0.717) is 17.3 Å². The van der Waals surface area contributed by atoms with Crippen molar-refractivity contribution in [1.29, 1.82) is 0 Å². The van der Waals surface area contributed by atoms with Gasteiger partial charge < -0.3 is 5.73 Å². The number of rotatable bonds is 1. The Kier molecular flexibility index (Phi) is 1.29. The molecule has 0 fully saturated rings. The standard InChI is InChI=1S/C5H6N6O/c1-2-7-5(9-8-2)3-4(6)11-12-10-3/h1H3,(H2,6,11)(H,7,8,9). The van der Waals surface area contributed by atoms with Crippen molar-refractivity contribution in [1.82, 2.24) is 25.5 Å². The first kappa shape index (κ1) is 6.77. The zero-order valence-electron chi connectivity index (χ0n) is 6.27. The van der Waals surface area contributed by atoms with Crippen molar-refractivity contribution in [3.8, 4) is 11.5 Å². The number of nitrogens with zero attached hydrogens (tertiary/aromatic N) is 4. The first-order valence-electron chi connectivity index (χ1n) is 3.25. The van der Waals surface area contributed by atoms with Crippen LogP contribution in [0, 0.1) is 6.92 Å². The van der Waals surface area contributed by atoms with E-state index in [0.717, 1.165) is 0 Å². The number of hydrogen-bond donors (Lipinski definition) is 2. The first-order chi connectivity index (χ1) is 5.77. The molecule has 0 radical (unpaired) electrons. The highest BCUT2D eigenvalue weighted by Gasteiger charge is 2.12. The van der Waals surface area contributed by atoms with Gasteiger partial charge in [-0.3, -0.25) is 5.10 Å². The van der Waals surface area contributed by atoms with Gasteiger partial charge in [-0.05, 0) is 17.2 Å². The van der Waals surface area contributed by atoms with E-state index in [1.807, 2.05) is 0 Å². The Morgan fingerprint density at radius 3 is 2.75 bits per heavy atom. The van der Waals surface area contributed by atoms with Crippen molar-refractivity contribution in [2.75, 3.05) is 5.73 Å². The van der Waals surface area contributed by atoms with Gasteiger partial charge in [0.05, 0.1) is 0 Å². The van der Waals surface area contributed by atoms with Gasteiger partial charge in [0.25, 0.3) is 0 Å². The van der Waals surface area contributed by atoms with Crippen molar-refractivity contribution in [3.63, 3.8) is 0 Å². The quantitative estimate of drug-likeness (QED) is 0.604. The maximum Gasteiger partial charge on any atom is 0.207 e. The summed E-state index contributed by atoms with van der Waals surface area (Å²) in [7, 11) is 0. The van der Waals surface area contributed by atoms with Crippen LogP contribution in [0.4, 0.5) is 5.82 Å². The lowest BCUT2D eigenvalue weighted by Crippen LogP contribution is -1.89. The Balaban J connectivity index is 2.50. The van der Waals surface area contributed by atoms with Gasteiger partial charge in [0, 0.05) is 0 Å². The third-order valence-corrected chi connectivity index (χ3v) is 1.32. The normalized spacial score (nSPS) is 10.4. The monoisotopic (exact) mass is 166 g/mol. The number of aromatic nitrogens is 5. The highest BCUT2D eigenvalue weighted by Crippen LogP contribution is 2.16. The van der Waals surface area contributed by atoms with E-state index in [1.165, 1.54) is 0 Å². The molecule has 0 aliphatic rings. The van der Waals surface area contributed by atoms with Crippen LogP contribution in [-0.2, 0) is 0 Å². The van der Waals surface area contributed by atoms with Gasteiger partial charge in [-0.1, -0.05) is 0 Å². The van der Waals surface area contributed by atoms with Crippen LogP contribution in [-0.4, -0.2) is 25.5 Å². The van der Waals surface area contributed by atoms with Crippen LogP contribution in [0.25, 0.3) is 11.5 Å². The van der Waals surface area contributed by atoms with E-state index in [2.05, 4.69) is 30.1 Å². The summed E-state index contributed by atoms with van der Waals surface area (Å²) in [5.41, 5.74) is 5.78. The van der Waals surface area contributed by atoms with Gasteiger partial charge in [-0.2, -0.15) is 5.10 Å². The van der Waals surface area contributed by atoms with Crippen LogP contribution in [0.1, 0.15) is 5.82 Å². The molecule has 0 amide bonds. The number of nitrogen functional groups attached to an aromatic ring is 1. The first-order valence-corrected chi connectivity index (χ1v) is 3.25. The maximum absolute atomic E-state index is 5.42. The number of nitrogens with one attached hydrogen (secondary N) is 1. The Bertz CT molecular complexity index is 390. The van der Waals surface area contributed by atoms with E-state index < -0.39 is 0 Å². The van der Waals surface area contributed by atoms with E-state index in [9.17, 15) is 0 Å². The molecule has 0 saturated carbocycles. The predicted molar refractivity (Wildman–Crippen MR) is 38.8 cm³/mol. The van der Waals surface area contributed by atoms with Crippen LogP contribution in [0.5, 0.6) is 0 Å². The van der Waals surface area contributed by atoms with Gasteiger partial charge in [0.1, 0.15) is 5.82 Å². The van der Waals surface area contributed by atoms with Crippen molar-refractivity contribution >= 4 is 5.82 Å². The Labute approximate surface area is 66.9 Å². The fraction of sp³-hybridized carbons (Fsp3) is 0.200. The molecule has 0 aliphatic carbocycles. The van der Waals surface area contributed by atoms with Gasteiger partial charge >= 0.3 is 0 Å². The van der Waals surface area contributed by atoms with Crippen LogP contribution in [0.2, 0.25) is 0 Å². The molecule has 0 saturated heterocycles. The van der Waals surface area contributed by atoms with Crippen molar-refractivity contribution in [2.45, 2.75) is 6.92 Å². The number of H-pyrrole nitrogens is 1. The second-order valence-electron chi connectivity index (χ2n) is 2.24. The molecule has 0 spiro atoms. The largest absolute Gasteiger partial charge is 0.379 e. The summed E-state index contributed by atoms with van der Waals surface area (Å²) in [5, 5.41) is 13.4. The Morgan fingerprint density at radius 1 is 1.42 bits per heavy atom. The molecular formula is C5H6N6O. The lowest BCUT2D eigenvalue weighted by atomic mass is 10.4. The van der Waals surface area contributed by atoms with Crippen LogP contribution in [0.3, 0.4) is 0 Å². The second kappa shape index (κ2) is 2.29. The van der Waals surface area contributed by atoms with Crippen molar-refractivity contribution in [3.05, 3.63) is 5.82 Å². The summed E-state index contributed by atoms with van der Waals surface area (Å²) in [6.45, 7) is 1.78. The average molecular weight is 166 g/mol. The topological polar surface area (TPSA) is 107 Å². The summed E-state index contributed by atoms with van der Waals surface area (Å²) < 4.78 is 4.39. The molecule has 3 N–H and O–H groups in total. The summed E-state index contributed by atoms with van der Waals surface area (Å²) in [4.78, 5) is 4.00. The van der Waals surface area contributed by atoms with Gasteiger partial charge in [0.2, 0.25) is 5.82 Å². The molecule has 7 nitrogen and oxygen atoms in total. The summed E-state index contributed by atoms with van der Waals surface area (Å²) in [6.07, 6.45) is 0. The van der Waals surface area contributed by atoms with Crippen LogP contribution in [0.15, 0.2) is 4.63 Å². The molecule has 0 aromatic carbocycles. The third kappa shape index (κ3) is 0.911. The lowest BCUT2D eigenvalue weighted by molar-refractivity contribution is 0.310. The Hall–Kier alpha value is -1.92. The fourth-order valence-corrected chi connectivity index (χ4v) is 0.799. The predicted octanol–water partition coefficient (Wildman–Crippen LogP) is -0.255.